The van der Waals surface area contributed by atoms with Crippen LogP contribution in [-0.2, 0) is 24.3 Å². The van der Waals surface area contributed by atoms with Gasteiger partial charge in [-0.25, -0.2) is 22.4 Å². The number of ether oxygens (including phenoxy) is 2. The van der Waals surface area contributed by atoms with Crippen molar-refractivity contribution in [1.29, 1.82) is 0 Å². The molecule has 0 spiro atoms. The summed E-state index contributed by atoms with van der Waals surface area (Å²) in [6.45, 7) is 5.25. The van der Waals surface area contributed by atoms with Gasteiger partial charge in [0.15, 0.2) is 0 Å². The van der Waals surface area contributed by atoms with Crippen LogP contribution in [0, 0.1) is 5.82 Å². The fraction of sp³-hybridized carbons (Fsp3) is 0.500. The number of hydrogen-bond donors (Lipinski definition) is 0. The van der Waals surface area contributed by atoms with Crippen LogP contribution in [0.5, 0.6) is 0 Å². The lowest BCUT2D eigenvalue weighted by Crippen LogP contribution is -2.31. The van der Waals surface area contributed by atoms with Crippen LogP contribution in [0.25, 0.3) is 0 Å². The first-order valence-electron chi connectivity index (χ1n) is 7.91. The summed E-state index contributed by atoms with van der Waals surface area (Å²) in [5.41, 5.74) is -0.153. The van der Waals surface area contributed by atoms with Gasteiger partial charge in [0.1, 0.15) is 16.8 Å². The van der Waals surface area contributed by atoms with Crippen LogP contribution >= 0.6 is 0 Å². The van der Waals surface area contributed by atoms with E-state index >= 15 is 0 Å². The van der Waals surface area contributed by atoms with Gasteiger partial charge in [-0.05, 0) is 25.1 Å². The average molecular weight is 373 g/mol. The lowest BCUT2D eigenvalue weighted by molar-refractivity contribution is -0.147. The Balaban J connectivity index is 2.29. The van der Waals surface area contributed by atoms with E-state index in [-0.39, 0.29) is 31.2 Å². The molecule has 0 saturated carbocycles. The maximum atomic E-state index is 14.0. The first-order valence-corrected chi connectivity index (χ1v) is 9.35. The highest BCUT2D eigenvalue weighted by molar-refractivity contribution is 7.89. The fourth-order valence-electron chi connectivity index (χ4n) is 2.54. The van der Waals surface area contributed by atoms with Gasteiger partial charge in [-0.15, -0.1) is 0 Å². The summed E-state index contributed by atoms with van der Waals surface area (Å²) >= 11 is 0. The molecule has 0 amide bonds. The number of rotatable bonds is 6. The minimum absolute atomic E-state index is 0.153. The summed E-state index contributed by atoms with van der Waals surface area (Å²) in [5, 5.41) is 0. The van der Waals surface area contributed by atoms with Crippen LogP contribution in [0.3, 0.4) is 0 Å². The van der Waals surface area contributed by atoms with Gasteiger partial charge < -0.3 is 9.47 Å². The molecule has 0 aliphatic carbocycles. The van der Waals surface area contributed by atoms with E-state index < -0.39 is 38.8 Å². The minimum atomic E-state index is -4.08. The van der Waals surface area contributed by atoms with Crippen LogP contribution in [0.4, 0.5) is 4.39 Å². The number of esters is 2. The third kappa shape index (κ3) is 3.98. The normalized spacial score (nSPS) is 20.6. The molecule has 1 aliphatic heterocycles. The van der Waals surface area contributed by atoms with E-state index in [2.05, 4.69) is 0 Å². The molecule has 7 nitrogen and oxygen atoms in total. The molecule has 1 aromatic rings. The molecule has 1 heterocycles. The molecule has 25 heavy (non-hydrogen) atoms. The average Bonchev–Trinajstić information content (AvgIpc) is 2.85. The number of benzene rings is 1. The molecular weight excluding hydrogens is 353 g/mol. The number of nitrogens with zero attached hydrogens (tertiary/aromatic N) is 1. The van der Waals surface area contributed by atoms with E-state index in [1.165, 1.54) is 0 Å². The van der Waals surface area contributed by atoms with Crippen LogP contribution < -0.4 is 0 Å². The van der Waals surface area contributed by atoms with Gasteiger partial charge in [0, 0.05) is 19.5 Å². The van der Waals surface area contributed by atoms with Gasteiger partial charge >= 0.3 is 11.9 Å². The predicted molar refractivity (Wildman–Crippen MR) is 85.9 cm³/mol. The zero-order valence-electron chi connectivity index (χ0n) is 14.2. The summed E-state index contributed by atoms with van der Waals surface area (Å²) in [7, 11) is -4.08. The Hall–Kier alpha value is -2.00. The topological polar surface area (TPSA) is 90.0 Å². The van der Waals surface area contributed by atoms with Gasteiger partial charge in [0.05, 0.1) is 5.56 Å². The van der Waals surface area contributed by atoms with Crippen LogP contribution in [0.1, 0.15) is 37.6 Å². The molecule has 0 radical (unpaired) electrons. The number of carbonyl (C=O) groups excluding carboxylic acids is 2. The van der Waals surface area contributed by atoms with Crippen LogP contribution in [-0.4, -0.2) is 50.0 Å². The van der Waals surface area contributed by atoms with Crippen molar-refractivity contribution in [3.8, 4) is 0 Å². The molecule has 2 atom stereocenters. The van der Waals surface area contributed by atoms with Gasteiger partial charge in [-0.1, -0.05) is 13.8 Å². The molecule has 0 unspecified atom stereocenters. The second-order valence-corrected chi connectivity index (χ2v) is 7.52. The van der Waals surface area contributed by atoms with E-state index in [0.717, 1.165) is 22.5 Å². The van der Waals surface area contributed by atoms with Crippen molar-refractivity contribution >= 4 is 22.0 Å². The highest BCUT2D eigenvalue weighted by Gasteiger charge is 2.35. The summed E-state index contributed by atoms with van der Waals surface area (Å²) in [5.74, 6) is -2.52. The Labute approximate surface area is 145 Å². The van der Waals surface area contributed by atoms with Crippen LogP contribution in [0.2, 0.25) is 0 Å². The first kappa shape index (κ1) is 19.3. The molecule has 0 bridgehead atoms. The van der Waals surface area contributed by atoms with Crippen molar-refractivity contribution < 1.29 is 31.9 Å². The Morgan fingerprint density at radius 2 is 2.00 bits per heavy atom. The second kappa shape index (κ2) is 7.49. The van der Waals surface area contributed by atoms with Crippen molar-refractivity contribution in [3.05, 3.63) is 29.6 Å². The summed E-state index contributed by atoms with van der Waals surface area (Å²) in [6, 6.07) is 2.93. The van der Waals surface area contributed by atoms with Crippen molar-refractivity contribution in [2.45, 2.75) is 44.3 Å². The molecule has 0 N–H and O–H groups in total. The zero-order valence-corrected chi connectivity index (χ0v) is 15.0. The number of carbonyl (C=O) groups is 2. The van der Waals surface area contributed by atoms with Gasteiger partial charge in [-0.2, -0.15) is 4.31 Å². The molecule has 1 saturated heterocycles. The first-order chi connectivity index (χ1) is 11.7. The maximum Gasteiger partial charge on any atom is 0.347 e. The van der Waals surface area contributed by atoms with Gasteiger partial charge in [0.2, 0.25) is 16.1 Å². The van der Waals surface area contributed by atoms with Gasteiger partial charge in [0.25, 0.3) is 0 Å². The molecule has 1 aliphatic rings. The highest BCUT2D eigenvalue weighted by Crippen LogP contribution is 2.23. The lowest BCUT2D eigenvalue weighted by Gasteiger charge is -2.19. The monoisotopic (exact) mass is 373 g/mol. The SMILES string of the molecule is CCN(CC)S(=O)(=O)c1cc(C(=O)O[C@H]2C[C@H](C)OC2=O)ccc1F. The summed E-state index contributed by atoms with van der Waals surface area (Å²) in [6.07, 6.45) is -1.19. The van der Waals surface area contributed by atoms with Gasteiger partial charge in [-0.3, -0.25) is 0 Å². The third-order valence-electron chi connectivity index (χ3n) is 3.87. The Bertz CT molecular complexity index is 775. The molecular formula is C16H20FNO6S. The van der Waals surface area contributed by atoms with Crippen molar-refractivity contribution in [2.75, 3.05) is 13.1 Å². The largest absolute Gasteiger partial charge is 0.460 e. The van der Waals surface area contributed by atoms with E-state index in [1.54, 1.807) is 20.8 Å². The number of cyclic esters (lactones) is 1. The molecule has 9 heteroatoms. The highest BCUT2D eigenvalue weighted by atomic mass is 32.2. The second-order valence-electron chi connectivity index (χ2n) is 5.61. The van der Waals surface area contributed by atoms with E-state index in [9.17, 15) is 22.4 Å². The number of halogens is 1. The van der Waals surface area contributed by atoms with Crippen molar-refractivity contribution in [1.82, 2.24) is 4.31 Å². The Morgan fingerprint density at radius 1 is 1.36 bits per heavy atom. The third-order valence-corrected chi connectivity index (χ3v) is 5.93. The van der Waals surface area contributed by atoms with E-state index in [0.29, 0.717) is 0 Å². The van der Waals surface area contributed by atoms with Crippen LogP contribution in [0.15, 0.2) is 23.1 Å². The minimum Gasteiger partial charge on any atom is -0.460 e. The Kier molecular flexibility index (Phi) is 5.79. The van der Waals surface area contributed by atoms with Crippen molar-refractivity contribution in [3.63, 3.8) is 0 Å². The number of hydrogen-bond acceptors (Lipinski definition) is 6. The van der Waals surface area contributed by atoms with E-state index in [1.807, 2.05) is 0 Å². The molecule has 1 fully saturated rings. The zero-order chi connectivity index (χ0) is 18.8. The summed E-state index contributed by atoms with van der Waals surface area (Å²) < 4.78 is 50.1. The smallest absolute Gasteiger partial charge is 0.347 e. The molecule has 2 rings (SSSR count). The molecule has 138 valence electrons. The number of sulfonamides is 1. The van der Waals surface area contributed by atoms with Crippen molar-refractivity contribution in [2.24, 2.45) is 0 Å². The molecule has 0 aromatic heterocycles. The lowest BCUT2D eigenvalue weighted by atomic mass is 10.2. The maximum absolute atomic E-state index is 14.0. The fourth-order valence-corrected chi connectivity index (χ4v) is 4.09. The predicted octanol–water partition coefficient (Wildman–Crippen LogP) is 1.72. The quantitative estimate of drug-likeness (QED) is 0.705. The molecule has 1 aromatic carbocycles. The standard InChI is InChI=1S/C16H20FNO6S/c1-4-18(5-2)25(21,22)14-9-11(6-7-12(14)17)15(19)24-13-8-10(3)23-16(13)20/h6-7,9-10,13H,4-5,8H2,1-3H3/t10-,13-/m0/s1. The summed E-state index contributed by atoms with van der Waals surface area (Å²) in [4.78, 5) is 23.1. The van der Waals surface area contributed by atoms with E-state index in [4.69, 9.17) is 9.47 Å². The Morgan fingerprint density at radius 3 is 2.52 bits per heavy atom.